The number of nitrogens with one attached hydrogen (secondary N) is 1. The van der Waals surface area contributed by atoms with Gasteiger partial charge in [0.2, 0.25) is 0 Å². The van der Waals surface area contributed by atoms with Gasteiger partial charge >= 0.3 is 0 Å². The fourth-order valence-electron chi connectivity index (χ4n) is 1.63. The number of hydrogen-bond acceptors (Lipinski definition) is 2. The Morgan fingerprint density at radius 2 is 2.00 bits per heavy atom. The van der Waals surface area contributed by atoms with E-state index in [0.717, 1.165) is 12.2 Å². The molecule has 0 fully saturated rings. The Bertz CT molecular complexity index is 269. The van der Waals surface area contributed by atoms with E-state index in [1.807, 2.05) is 18.8 Å². The maximum Gasteiger partial charge on any atom is 0.0326 e. The van der Waals surface area contributed by atoms with Crippen LogP contribution in [-0.2, 0) is 0 Å². The maximum absolute atomic E-state index is 3.35. The maximum atomic E-state index is 3.35. The van der Waals surface area contributed by atoms with E-state index in [1.165, 1.54) is 10.5 Å². The molecule has 0 aliphatic heterocycles. The number of thioether (sulfide) groups is 1. The molecule has 0 amide bonds. The van der Waals surface area contributed by atoms with E-state index in [-0.39, 0.29) is 0 Å². The van der Waals surface area contributed by atoms with Crippen LogP contribution in [0.25, 0.3) is 0 Å². The van der Waals surface area contributed by atoms with Gasteiger partial charge in [-0.05, 0) is 30.9 Å². The van der Waals surface area contributed by atoms with Crippen LogP contribution < -0.4 is 5.32 Å². The van der Waals surface area contributed by atoms with Crippen molar-refractivity contribution in [2.24, 2.45) is 0 Å². The molecule has 0 bridgehead atoms. The minimum Gasteiger partial charge on any atom is -0.313 e. The van der Waals surface area contributed by atoms with Gasteiger partial charge in [-0.1, -0.05) is 32.0 Å². The molecule has 1 nitrogen and oxygen atoms in total. The monoisotopic (exact) mass is 209 g/mol. The molecule has 1 atom stereocenters. The Hall–Kier alpha value is -0.470. The smallest absolute Gasteiger partial charge is 0.0326 e. The molecule has 0 spiro atoms. The predicted octanol–water partition coefficient (Wildman–Crippen LogP) is 3.47. The lowest BCUT2D eigenvalue weighted by Crippen LogP contribution is -2.15. The second-order valence-electron chi connectivity index (χ2n) is 3.22. The fraction of sp³-hybridized carbons (Fsp3) is 0.500. The summed E-state index contributed by atoms with van der Waals surface area (Å²) in [4.78, 5) is 1.41. The van der Waals surface area contributed by atoms with Gasteiger partial charge in [-0.15, -0.1) is 11.8 Å². The Kier molecular flexibility index (Phi) is 5.05. The lowest BCUT2D eigenvalue weighted by atomic mass is 10.1. The van der Waals surface area contributed by atoms with Gasteiger partial charge in [0.1, 0.15) is 0 Å². The highest BCUT2D eigenvalue weighted by Crippen LogP contribution is 2.28. The molecule has 14 heavy (non-hydrogen) atoms. The molecule has 1 aromatic rings. The van der Waals surface area contributed by atoms with Gasteiger partial charge in [-0.3, -0.25) is 0 Å². The second kappa shape index (κ2) is 6.10. The van der Waals surface area contributed by atoms with Crippen molar-refractivity contribution in [3.8, 4) is 0 Å². The summed E-state index contributed by atoms with van der Waals surface area (Å²) in [6, 6.07) is 9.16. The summed E-state index contributed by atoms with van der Waals surface area (Å²) in [6.45, 7) is 4.41. The van der Waals surface area contributed by atoms with Crippen LogP contribution >= 0.6 is 11.8 Å². The minimum atomic E-state index is 0.491. The zero-order chi connectivity index (χ0) is 10.4. The topological polar surface area (TPSA) is 12.0 Å². The Balaban J connectivity index is 2.92. The molecule has 0 aliphatic rings. The van der Waals surface area contributed by atoms with Crippen molar-refractivity contribution in [1.29, 1.82) is 0 Å². The summed E-state index contributed by atoms with van der Waals surface area (Å²) in [5.74, 6) is 1.14. The van der Waals surface area contributed by atoms with Crippen molar-refractivity contribution in [2.45, 2.75) is 31.2 Å². The Morgan fingerprint density at radius 1 is 1.29 bits per heavy atom. The third kappa shape index (κ3) is 2.76. The van der Waals surface area contributed by atoms with E-state index in [9.17, 15) is 0 Å². The highest BCUT2D eigenvalue weighted by atomic mass is 32.2. The van der Waals surface area contributed by atoms with Crippen LogP contribution in [0.2, 0.25) is 0 Å². The van der Waals surface area contributed by atoms with Gasteiger partial charge in [0.15, 0.2) is 0 Å². The van der Waals surface area contributed by atoms with Gasteiger partial charge in [0.25, 0.3) is 0 Å². The quantitative estimate of drug-likeness (QED) is 0.745. The molecule has 2 heteroatoms. The van der Waals surface area contributed by atoms with E-state index < -0.39 is 0 Å². The van der Waals surface area contributed by atoms with Gasteiger partial charge in [0, 0.05) is 10.9 Å². The normalized spacial score (nSPS) is 12.8. The largest absolute Gasteiger partial charge is 0.313 e. The summed E-state index contributed by atoms with van der Waals surface area (Å²) in [5, 5.41) is 3.35. The zero-order valence-corrected chi connectivity index (χ0v) is 10.0. The fourth-order valence-corrected chi connectivity index (χ4v) is 2.50. The van der Waals surface area contributed by atoms with Crippen molar-refractivity contribution < 1.29 is 0 Å². The average molecular weight is 209 g/mol. The van der Waals surface area contributed by atoms with Crippen LogP contribution in [0.3, 0.4) is 0 Å². The molecule has 1 N–H and O–H groups in total. The average Bonchev–Trinajstić information content (AvgIpc) is 2.23. The highest BCUT2D eigenvalue weighted by molar-refractivity contribution is 7.99. The Labute approximate surface area is 91.3 Å². The number of benzene rings is 1. The molecule has 0 aliphatic carbocycles. The molecule has 1 rings (SSSR count). The Morgan fingerprint density at radius 3 is 2.57 bits per heavy atom. The lowest BCUT2D eigenvalue weighted by molar-refractivity contribution is 0.568. The molecule has 1 unspecified atom stereocenters. The SMILES string of the molecule is CCSc1ccccc1C(CC)NC. The van der Waals surface area contributed by atoms with E-state index in [4.69, 9.17) is 0 Å². The summed E-state index contributed by atoms with van der Waals surface area (Å²) in [7, 11) is 2.03. The van der Waals surface area contributed by atoms with Gasteiger partial charge in [-0.2, -0.15) is 0 Å². The zero-order valence-electron chi connectivity index (χ0n) is 9.21. The molecule has 0 aromatic heterocycles. The van der Waals surface area contributed by atoms with E-state index in [1.54, 1.807) is 0 Å². The standard InChI is InChI=1S/C12H19NS/c1-4-11(13-3)10-8-6-7-9-12(10)14-5-2/h6-9,11,13H,4-5H2,1-3H3. The number of hydrogen-bond donors (Lipinski definition) is 1. The highest BCUT2D eigenvalue weighted by Gasteiger charge is 2.10. The van der Waals surface area contributed by atoms with Gasteiger partial charge < -0.3 is 5.32 Å². The van der Waals surface area contributed by atoms with Crippen LogP contribution in [0.5, 0.6) is 0 Å². The van der Waals surface area contributed by atoms with Crippen LogP contribution in [0.15, 0.2) is 29.2 Å². The molecule has 0 radical (unpaired) electrons. The first-order chi connectivity index (χ1) is 6.83. The molecular formula is C12H19NS. The first-order valence-electron chi connectivity index (χ1n) is 5.22. The summed E-state index contributed by atoms with van der Waals surface area (Å²) < 4.78 is 0. The van der Waals surface area contributed by atoms with Crippen LogP contribution in [0.1, 0.15) is 31.9 Å². The molecule has 0 saturated heterocycles. The lowest BCUT2D eigenvalue weighted by Gasteiger charge is -2.17. The van der Waals surface area contributed by atoms with Crippen LogP contribution in [-0.4, -0.2) is 12.8 Å². The van der Waals surface area contributed by atoms with Gasteiger partial charge in [0.05, 0.1) is 0 Å². The van der Waals surface area contributed by atoms with Crippen LogP contribution in [0.4, 0.5) is 0 Å². The predicted molar refractivity (Wildman–Crippen MR) is 64.9 cm³/mol. The molecule has 78 valence electrons. The van der Waals surface area contributed by atoms with Gasteiger partial charge in [-0.25, -0.2) is 0 Å². The second-order valence-corrected chi connectivity index (χ2v) is 4.53. The molecule has 1 aromatic carbocycles. The molecular weight excluding hydrogens is 190 g/mol. The van der Waals surface area contributed by atoms with E-state index in [2.05, 4.69) is 43.4 Å². The number of rotatable bonds is 5. The van der Waals surface area contributed by atoms with Crippen molar-refractivity contribution >= 4 is 11.8 Å². The minimum absolute atomic E-state index is 0.491. The van der Waals surface area contributed by atoms with Crippen molar-refractivity contribution in [2.75, 3.05) is 12.8 Å². The van der Waals surface area contributed by atoms with Crippen molar-refractivity contribution in [3.63, 3.8) is 0 Å². The van der Waals surface area contributed by atoms with E-state index in [0.29, 0.717) is 6.04 Å². The first kappa shape index (κ1) is 11.6. The van der Waals surface area contributed by atoms with Crippen molar-refractivity contribution in [3.05, 3.63) is 29.8 Å². The van der Waals surface area contributed by atoms with Crippen molar-refractivity contribution in [1.82, 2.24) is 5.32 Å². The summed E-state index contributed by atoms with van der Waals surface area (Å²) in [5.41, 5.74) is 1.43. The van der Waals surface area contributed by atoms with E-state index >= 15 is 0 Å². The third-order valence-corrected chi connectivity index (χ3v) is 3.32. The molecule has 0 heterocycles. The van der Waals surface area contributed by atoms with Crippen LogP contribution in [0, 0.1) is 0 Å². The third-order valence-electron chi connectivity index (χ3n) is 2.35. The summed E-state index contributed by atoms with van der Waals surface area (Å²) in [6.07, 6.45) is 1.14. The summed E-state index contributed by atoms with van der Waals surface area (Å²) >= 11 is 1.92. The first-order valence-corrected chi connectivity index (χ1v) is 6.21. The molecule has 0 saturated carbocycles.